The van der Waals surface area contributed by atoms with Crippen LogP contribution in [-0.2, 0) is 6.18 Å². The third-order valence-corrected chi connectivity index (χ3v) is 1.56. The minimum atomic E-state index is -4.53. The molecule has 77 valence electrons. The van der Waals surface area contributed by atoms with Crippen LogP contribution in [-0.4, -0.2) is 15.1 Å². The number of alkyl halides is 3. The van der Waals surface area contributed by atoms with Crippen molar-refractivity contribution in [2.24, 2.45) is 0 Å². The first-order valence-corrected chi connectivity index (χ1v) is 3.80. The summed E-state index contributed by atoms with van der Waals surface area (Å²) < 4.78 is 41.2. The van der Waals surface area contributed by atoms with Crippen LogP contribution < -0.4 is 0 Å². The van der Waals surface area contributed by atoms with Crippen molar-refractivity contribution in [3.63, 3.8) is 0 Å². The normalized spacial score (nSPS) is 11.7. The van der Waals surface area contributed by atoms with Gasteiger partial charge in [0.05, 0.1) is 6.20 Å². The van der Waals surface area contributed by atoms with E-state index in [0.717, 1.165) is 0 Å². The second-order valence-corrected chi connectivity index (χ2v) is 2.60. The molecule has 4 nitrogen and oxygen atoms in total. The maximum atomic E-state index is 12.2. The highest BCUT2D eigenvalue weighted by Gasteiger charge is 2.33. The molecule has 0 N–H and O–H groups in total. The van der Waals surface area contributed by atoms with Gasteiger partial charge in [0.1, 0.15) is 23.8 Å². The zero-order valence-corrected chi connectivity index (χ0v) is 7.12. The van der Waals surface area contributed by atoms with E-state index in [1.807, 2.05) is 0 Å². The van der Waals surface area contributed by atoms with Gasteiger partial charge in [-0.1, -0.05) is 5.16 Å². The second-order valence-electron chi connectivity index (χ2n) is 2.60. The third-order valence-electron chi connectivity index (χ3n) is 1.56. The summed E-state index contributed by atoms with van der Waals surface area (Å²) in [4.78, 5) is 6.64. The summed E-state index contributed by atoms with van der Waals surface area (Å²) in [6.07, 6.45) is -0.399. The molecule has 0 saturated carbocycles. The van der Waals surface area contributed by atoms with E-state index in [-0.39, 0.29) is 11.4 Å². The van der Waals surface area contributed by atoms with Gasteiger partial charge in [-0.25, -0.2) is 9.97 Å². The van der Waals surface area contributed by atoms with Gasteiger partial charge in [0, 0.05) is 6.07 Å². The Morgan fingerprint density at radius 1 is 1.33 bits per heavy atom. The van der Waals surface area contributed by atoms with Crippen LogP contribution in [0.15, 0.2) is 23.0 Å². The van der Waals surface area contributed by atoms with Gasteiger partial charge in [-0.05, 0) is 0 Å². The number of aromatic nitrogens is 3. The summed E-state index contributed by atoms with van der Waals surface area (Å²) in [5.41, 5.74) is -1.02. The Morgan fingerprint density at radius 2 is 2.13 bits per heavy atom. The van der Waals surface area contributed by atoms with Crippen LogP contribution in [0.3, 0.4) is 0 Å². The average molecular weight is 214 g/mol. The predicted molar refractivity (Wildman–Crippen MR) is 41.4 cm³/mol. The van der Waals surface area contributed by atoms with E-state index >= 15 is 0 Å². The Morgan fingerprint density at radius 3 is 2.73 bits per heavy atom. The molecule has 2 aromatic rings. The SMILES string of the molecule is FC(F)(F)c1cn[c]c(-c2ccon2)n1. The van der Waals surface area contributed by atoms with Crippen LogP contribution in [0.5, 0.6) is 0 Å². The van der Waals surface area contributed by atoms with Gasteiger partial charge in [-0.3, -0.25) is 0 Å². The summed E-state index contributed by atoms with van der Waals surface area (Å²) in [6.45, 7) is 0. The van der Waals surface area contributed by atoms with Crippen molar-refractivity contribution in [1.29, 1.82) is 0 Å². The summed E-state index contributed by atoms with van der Waals surface area (Å²) in [5, 5.41) is 3.43. The molecule has 15 heavy (non-hydrogen) atoms. The topological polar surface area (TPSA) is 51.8 Å². The van der Waals surface area contributed by atoms with E-state index in [1.165, 1.54) is 12.3 Å². The lowest BCUT2D eigenvalue weighted by Crippen LogP contribution is -2.09. The van der Waals surface area contributed by atoms with Crippen molar-refractivity contribution in [2.75, 3.05) is 0 Å². The monoisotopic (exact) mass is 214 g/mol. The third kappa shape index (κ3) is 1.95. The first-order chi connectivity index (χ1) is 7.07. The number of hydrogen-bond acceptors (Lipinski definition) is 4. The zero-order chi connectivity index (χ0) is 10.9. The molecule has 0 aliphatic heterocycles. The summed E-state index contributed by atoms with van der Waals surface area (Å²) in [5.74, 6) is 0. The highest BCUT2D eigenvalue weighted by atomic mass is 19.4. The predicted octanol–water partition coefficient (Wildman–Crippen LogP) is 1.95. The smallest absolute Gasteiger partial charge is 0.364 e. The minimum absolute atomic E-state index is 0.0985. The van der Waals surface area contributed by atoms with Gasteiger partial charge >= 0.3 is 6.18 Å². The Kier molecular flexibility index (Phi) is 2.14. The molecule has 1 radical (unpaired) electrons. The van der Waals surface area contributed by atoms with Crippen molar-refractivity contribution < 1.29 is 17.7 Å². The van der Waals surface area contributed by atoms with Gasteiger partial charge in [0.15, 0.2) is 5.69 Å². The molecular formula is C8H3F3N3O. The highest BCUT2D eigenvalue weighted by molar-refractivity contribution is 5.50. The van der Waals surface area contributed by atoms with Crippen LogP contribution in [0.2, 0.25) is 0 Å². The molecule has 0 amide bonds. The number of nitrogens with zero attached hydrogens (tertiary/aromatic N) is 3. The molecular weight excluding hydrogens is 211 g/mol. The molecule has 7 heteroatoms. The first-order valence-electron chi connectivity index (χ1n) is 3.80. The number of hydrogen-bond donors (Lipinski definition) is 0. The molecule has 0 spiro atoms. The molecule has 0 atom stereocenters. The Hall–Kier alpha value is -1.92. The lowest BCUT2D eigenvalue weighted by atomic mass is 10.3. The Labute approximate surface area is 81.8 Å². The second kappa shape index (κ2) is 3.34. The fourth-order valence-corrected chi connectivity index (χ4v) is 0.915. The fourth-order valence-electron chi connectivity index (χ4n) is 0.915. The van der Waals surface area contributed by atoms with E-state index in [1.54, 1.807) is 0 Å². The molecule has 0 aliphatic rings. The molecule has 2 heterocycles. The zero-order valence-electron chi connectivity index (χ0n) is 7.12. The molecule has 0 bridgehead atoms. The summed E-state index contributed by atoms with van der Waals surface area (Å²) >= 11 is 0. The maximum Gasteiger partial charge on any atom is 0.434 e. The van der Waals surface area contributed by atoms with E-state index in [4.69, 9.17) is 0 Å². The van der Waals surface area contributed by atoms with Crippen LogP contribution in [0.25, 0.3) is 11.4 Å². The van der Waals surface area contributed by atoms with E-state index in [0.29, 0.717) is 6.20 Å². The molecule has 2 rings (SSSR count). The number of halogens is 3. The van der Waals surface area contributed by atoms with E-state index in [9.17, 15) is 13.2 Å². The van der Waals surface area contributed by atoms with Crippen LogP contribution in [0, 0.1) is 6.20 Å². The van der Waals surface area contributed by atoms with Gasteiger partial charge in [0.25, 0.3) is 0 Å². The standard InChI is InChI=1S/C8H3F3N3O/c9-8(10,11)7-4-12-3-6(13-7)5-1-2-15-14-5/h1-2,4H. The minimum Gasteiger partial charge on any atom is -0.364 e. The molecule has 0 aromatic carbocycles. The van der Waals surface area contributed by atoms with Gasteiger partial charge in [-0.2, -0.15) is 13.2 Å². The number of rotatable bonds is 1. The van der Waals surface area contributed by atoms with Gasteiger partial charge < -0.3 is 4.52 Å². The van der Waals surface area contributed by atoms with Crippen molar-refractivity contribution in [3.8, 4) is 11.4 Å². The summed E-state index contributed by atoms with van der Waals surface area (Å²) in [6, 6.07) is 1.38. The fraction of sp³-hybridized carbons (Fsp3) is 0.125. The van der Waals surface area contributed by atoms with Crippen LogP contribution in [0.4, 0.5) is 13.2 Å². The Bertz CT molecular complexity index is 452. The highest BCUT2D eigenvalue weighted by Crippen LogP contribution is 2.27. The molecule has 0 saturated heterocycles. The van der Waals surface area contributed by atoms with Crippen molar-refractivity contribution in [1.82, 2.24) is 15.1 Å². The first kappa shape index (κ1) is 9.63. The van der Waals surface area contributed by atoms with Crippen LogP contribution in [0.1, 0.15) is 5.69 Å². The van der Waals surface area contributed by atoms with Gasteiger partial charge in [-0.15, -0.1) is 0 Å². The van der Waals surface area contributed by atoms with Crippen LogP contribution >= 0.6 is 0 Å². The largest absolute Gasteiger partial charge is 0.434 e. The lowest BCUT2D eigenvalue weighted by Gasteiger charge is -2.04. The molecule has 0 aliphatic carbocycles. The lowest BCUT2D eigenvalue weighted by molar-refractivity contribution is -0.141. The molecule has 0 unspecified atom stereocenters. The molecule has 0 fully saturated rings. The van der Waals surface area contributed by atoms with E-state index < -0.39 is 11.9 Å². The summed E-state index contributed by atoms with van der Waals surface area (Å²) in [7, 11) is 0. The Balaban J connectivity index is 2.44. The van der Waals surface area contributed by atoms with E-state index in [2.05, 4.69) is 25.8 Å². The van der Waals surface area contributed by atoms with Crippen molar-refractivity contribution >= 4 is 0 Å². The maximum absolute atomic E-state index is 12.2. The van der Waals surface area contributed by atoms with Crippen molar-refractivity contribution in [2.45, 2.75) is 6.18 Å². The van der Waals surface area contributed by atoms with Crippen molar-refractivity contribution in [3.05, 3.63) is 30.4 Å². The quantitative estimate of drug-likeness (QED) is 0.727. The average Bonchev–Trinajstić information content (AvgIpc) is 2.69. The van der Waals surface area contributed by atoms with Gasteiger partial charge in [0.2, 0.25) is 0 Å². The molecule has 2 aromatic heterocycles.